The van der Waals surface area contributed by atoms with E-state index in [-0.39, 0.29) is 24.4 Å². The van der Waals surface area contributed by atoms with Gasteiger partial charge in [0.2, 0.25) is 0 Å². The molecule has 0 radical (unpaired) electrons. The van der Waals surface area contributed by atoms with E-state index in [0.29, 0.717) is 6.42 Å². The molecule has 2 rings (SSSR count). The first-order valence-electron chi connectivity index (χ1n) is 8.54. The summed E-state index contributed by atoms with van der Waals surface area (Å²) in [5, 5.41) is 5.00. The van der Waals surface area contributed by atoms with Crippen LogP contribution in [0.2, 0.25) is 0 Å². The summed E-state index contributed by atoms with van der Waals surface area (Å²) in [5.41, 5.74) is 1.34. The fraction of sp³-hybridized carbons (Fsp3) is 0.250. The van der Waals surface area contributed by atoms with Gasteiger partial charge in [0.05, 0.1) is 25.0 Å². The Morgan fingerprint density at radius 3 is 2.41 bits per heavy atom. The highest BCUT2D eigenvalue weighted by atomic mass is 16.5. The van der Waals surface area contributed by atoms with Crippen molar-refractivity contribution in [1.82, 2.24) is 5.32 Å². The molecular weight excluding hydrogens is 348 g/mol. The summed E-state index contributed by atoms with van der Waals surface area (Å²) in [4.78, 5) is 36.1. The zero-order valence-corrected chi connectivity index (χ0v) is 15.3. The zero-order valence-electron chi connectivity index (χ0n) is 15.3. The molecule has 0 aromatic heterocycles. The van der Waals surface area contributed by atoms with Crippen molar-refractivity contribution in [3.05, 3.63) is 59.7 Å². The Bertz CT molecular complexity index is 820. The van der Waals surface area contributed by atoms with Gasteiger partial charge in [-0.05, 0) is 37.1 Å². The van der Waals surface area contributed by atoms with E-state index in [4.69, 9.17) is 9.47 Å². The maximum Gasteiger partial charge on any atom is 0.340 e. The van der Waals surface area contributed by atoms with E-state index in [1.165, 1.54) is 12.1 Å². The lowest BCUT2D eigenvalue weighted by Gasteiger charge is -2.11. The number of amides is 2. The highest BCUT2D eigenvalue weighted by Gasteiger charge is 2.18. The average molecular weight is 370 g/mol. The number of hydrogen-bond donors (Lipinski definition) is 2. The molecule has 0 saturated carbocycles. The summed E-state index contributed by atoms with van der Waals surface area (Å²) in [6.45, 7) is 2.17. The summed E-state index contributed by atoms with van der Waals surface area (Å²) < 4.78 is 10.2. The number of rotatable bonds is 7. The number of nitrogens with one attached hydrogen (secondary N) is 2. The number of para-hydroxylation sites is 2. The highest BCUT2D eigenvalue weighted by molar-refractivity contribution is 6.40. The topological polar surface area (TPSA) is 93.7 Å². The molecule has 0 spiro atoms. The molecule has 7 heteroatoms. The van der Waals surface area contributed by atoms with E-state index < -0.39 is 17.8 Å². The molecular formula is C20H22N2O5. The summed E-state index contributed by atoms with van der Waals surface area (Å²) in [7, 11) is 1.58. The van der Waals surface area contributed by atoms with Gasteiger partial charge in [0, 0.05) is 6.54 Å². The van der Waals surface area contributed by atoms with Gasteiger partial charge < -0.3 is 20.1 Å². The van der Waals surface area contributed by atoms with Gasteiger partial charge in [-0.1, -0.05) is 30.3 Å². The highest BCUT2D eigenvalue weighted by Crippen LogP contribution is 2.17. The SMILES string of the molecule is CCOC(=O)c1ccccc1NC(=O)C(=O)NCCc1ccccc1OC. The lowest BCUT2D eigenvalue weighted by molar-refractivity contribution is -0.136. The molecule has 2 N–H and O–H groups in total. The number of ether oxygens (including phenoxy) is 2. The Kier molecular flexibility index (Phi) is 7.37. The smallest absolute Gasteiger partial charge is 0.340 e. The molecule has 2 aromatic rings. The van der Waals surface area contributed by atoms with E-state index >= 15 is 0 Å². The van der Waals surface area contributed by atoms with Crippen LogP contribution in [-0.4, -0.2) is 38.0 Å². The summed E-state index contributed by atoms with van der Waals surface area (Å²) in [6.07, 6.45) is 0.516. The minimum atomic E-state index is -0.855. The lowest BCUT2D eigenvalue weighted by atomic mass is 10.1. The first-order chi connectivity index (χ1) is 13.1. The molecule has 0 atom stereocenters. The van der Waals surface area contributed by atoms with Crippen LogP contribution in [0.25, 0.3) is 0 Å². The molecule has 2 aromatic carbocycles. The number of carbonyl (C=O) groups is 3. The standard InChI is InChI=1S/C20H22N2O5/c1-3-27-20(25)15-9-5-6-10-16(15)22-19(24)18(23)21-13-12-14-8-4-7-11-17(14)26-2/h4-11H,3,12-13H2,1-2H3,(H,21,23)(H,22,24). The van der Waals surface area contributed by atoms with Crippen LogP contribution in [0, 0.1) is 0 Å². The second-order valence-electron chi connectivity index (χ2n) is 5.54. The van der Waals surface area contributed by atoms with Crippen LogP contribution in [0.1, 0.15) is 22.8 Å². The van der Waals surface area contributed by atoms with E-state index in [2.05, 4.69) is 10.6 Å². The van der Waals surface area contributed by atoms with Gasteiger partial charge in [-0.2, -0.15) is 0 Å². The van der Waals surface area contributed by atoms with Crippen molar-refractivity contribution >= 4 is 23.5 Å². The largest absolute Gasteiger partial charge is 0.496 e. The molecule has 142 valence electrons. The van der Waals surface area contributed by atoms with Crippen molar-refractivity contribution < 1.29 is 23.9 Å². The van der Waals surface area contributed by atoms with Crippen LogP contribution < -0.4 is 15.4 Å². The Labute approximate surface area is 157 Å². The number of hydrogen-bond acceptors (Lipinski definition) is 5. The fourth-order valence-electron chi connectivity index (χ4n) is 2.46. The van der Waals surface area contributed by atoms with Crippen molar-refractivity contribution in [1.29, 1.82) is 0 Å². The predicted molar refractivity (Wildman–Crippen MR) is 101 cm³/mol. The van der Waals surface area contributed by atoms with Gasteiger partial charge in [-0.25, -0.2) is 4.79 Å². The van der Waals surface area contributed by atoms with Crippen molar-refractivity contribution in [2.75, 3.05) is 25.6 Å². The molecule has 0 bridgehead atoms. The van der Waals surface area contributed by atoms with E-state index in [9.17, 15) is 14.4 Å². The van der Waals surface area contributed by atoms with Crippen LogP contribution >= 0.6 is 0 Å². The zero-order chi connectivity index (χ0) is 19.6. The lowest BCUT2D eigenvalue weighted by Crippen LogP contribution is -2.36. The van der Waals surface area contributed by atoms with Gasteiger partial charge in [0.15, 0.2) is 0 Å². The number of esters is 1. The van der Waals surface area contributed by atoms with Crippen LogP contribution in [0.15, 0.2) is 48.5 Å². The van der Waals surface area contributed by atoms with E-state index in [1.807, 2.05) is 24.3 Å². The van der Waals surface area contributed by atoms with Crippen LogP contribution in [0.5, 0.6) is 5.75 Å². The normalized spacial score (nSPS) is 10.0. The van der Waals surface area contributed by atoms with Crippen LogP contribution in [-0.2, 0) is 20.7 Å². The quantitative estimate of drug-likeness (QED) is 0.575. The average Bonchev–Trinajstić information content (AvgIpc) is 2.68. The fourth-order valence-corrected chi connectivity index (χ4v) is 2.46. The maximum atomic E-state index is 12.1. The number of carbonyl (C=O) groups excluding carboxylic acids is 3. The van der Waals surface area contributed by atoms with E-state index in [0.717, 1.165) is 11.3 Å². The molecule has 0 heterocycles. The second-order valence-corrected chi connectivity index (χ2v) is 5.54. The van der Waals surface area contributed by atoms with Crippen molar-refractivity contribution in [3.63, 3.8) is 0 Å². The Morgan fingerprint density at radius 2 is 1.67 bits per heavy atom. The molecule has 7 nitrogen and oxygen atoms in total. The van der Waals surface area contributed by atoms with Crippen LogP contribution in [0.4, 0.5) is 5.69 Å². The second kappa shape index (κ2) is 9.96. The first kappa shape index (κ1) is 20.0. The third-order valence-electron chi connectivity index (χ3n) is 3.75. The van der Waals surface area contributed by atoms with Gasteiger partial charge >= 0.3 is 17.8 Å². The van der Waals surface area contributed by atoms with Crippen molar-refractivity contribution in [2.24, 2.45) is 0 Å². The Balaban J connectivity index is 1.93. The number of anilines is 1. The minimum Gasteiger partial charge on any atom is -0.496 e. The minimum absolute atomic E-state index is 0.189. The van der Waals surface area contributed by atoms with Crippen molar-refractivity contribution in [3.8, 4) is 5.75 Å². The maximum absolute atomic E-state index is 12.1. The summed E-state index contributed by atoms with van der Waals surface area (Å²) in [6, 6.07) is 13.8. The molecule has 0 saturated heterocycles. The Hall–Kier alpha value is -3.35. The molecule has 0 fully saturated rings. The number of methoxy groups -OCH3 is 1. The van der Waals surface area contributed by atoms with Crippen LogP contribution in [0.3, 0.4) is 0 Å². The third-order valence-corrected chi connectivity index (χ3v) is 3.75. The van der Waals surface area contributed by atoms with Gasteiger partial charge in [-0.15, -0.1) is 0 Å². The van der Waals surface area contributed by atoms with Crippen molar-refractivity contribution in [2.45, 2.75) is 13.3 Å². The van der Waals surface area contributed by atoms with Gasteiger partial charge in [0.1, 0.15) is 5.75 Å². The molecule has 0 aliphatic heterocycles. The molecule has 2 amide bonds. The van der Waals surface area contributed by atoms with Gasteiger partial charge in [-0.3, -0.25) is 9.59 Å². The molecule has 0 aliphatic carbocycles. The monoisotopic (exact) mass is 370 g/mol. The van der Waals surface area contributed by atoms with Gasteiger partial charge in [0.25, 0.3) is 0 Å². The molecule has 0 aliphatic rings. The number of benzene rings is 2. The Morgan fingerprint density at radius 1 is 0.963 bits per heavy atom. The molecule has 27 heavy (non-hydrogen) atoms. The van der Waals surface area contributed by atoms with E-state index in [1.54, 1.807) is 26.2 Å². The molecule has 0 unspecified atom stereocenters. The first-order valence-corrected chi connectivity index (χ1v) is 8.54. The third kappa shape index (κ3) is 5.57. The predicted octanol–water partition coefficient (Wildman–Crippen LogP) is 2.17. The summed E-state index contributed by atoms with van der Waals surface area (Å²) in [5.74, 6) is -1.49. The summed E-state index contributed by atoms with van der Waals surface area (Å²) >= 11 is 0.